The number of rotatable bonds is 4. The van der Waals surface area contributed by atoms with Gasteiger partial charge in [-0.05, 0) is 41.8 Å². The van der Waals surface area contributed by atoms with Crippen molar-refractivity contribution >= 4 is 0 Å². The van der Waals surface area contributed by atoms with Crippen LogP contribution in [-0.4, -0.2) is 0 Å². The minimum atomic E-state index is -0.293. The van der Waals surface area contributed by atoms with Crippen LogP contribution in [-0.2, 0) is 0 Å². The Kier molecular flexibility index (Phi) is 4.24. The van der Waals surface area contributed by atoms with Gasteiger partial charge in [-0.1, -0.05) is 24.3 Å². The third kappa shape index (κ3) is 3.59. The molecule has 0 saturated heterocycles. The van der Waals surface area contributed by atoms with Crippen LogP contribution in [0.5, 0.6) is 0 Å². The first-order chi connectivity index (χ1) is 9.06. The van der Waals surface area contributed by atoms with E-state index in [1.807, 2.05) is 0 Å². The first-order valence-corrected chi connectivity index (χ1v) is 6.08. The van der Waals surface area contributed by atoms with Crippen molar-refractivity contribution in [2.24, 2.45) is 11.5 Å². The first kappa shape index (κ1) is 13.6. The molecule has 4 heteroatoms. The van der Waals surface area contributed by atoms with Gasteiger partial charge in [0.2, 0.25) is 0 Å². The number of nitrogens with two attached hydrogens (primary N) is 2. The molecule has 0 amide bonds. The zero-order valence-electron chi connectivity index (χ0n) is 10.4. The summed E-state index contributed by atoms with van der Waals surface area (Å²) in [7, 11) is 0. The molecule has 19 heavy (non-hydrogen) atoms. The summed E-state index contributed by atoms with van der Waals surface area (Å²) in [4.78, 5) is 0. The summed E-state index contributed by atoms with van der Waals surface area (Å²) in [6, 6.07) is 11.5. The lowest BCUT2D eigenvalue weighted by Crippen LogP contribution is -2.19. The second-order valence-corrected chi connectivity index (χ2v) is 4.55. The summed E-state index contributed by atoms with van der Waals surface area (Å²) in [5, 5.41) is 0. The van der Waals surface area contributed by atoms with Crippen molar-refractivity contribution in [2.75, 3.05) is 0 Å². The molecule has 2 nitrogen and oxygen atoms in total. The lowest BCUT2D eigenvalue weighted by atomic mass is 9.96. The highest BCUT2D eigenvalue weighted by atomic mass is 19.1. The first-order valence-electron chi connectivity index (χ1n) is 6.08. The van der Waals surface area contributed by atoms with Gasteiger partial charge < -0.3 is 11.5 Å². The Hall–Kier alpha value is -1.78. The summed E-state index contributed by atoms with van der Waals surface area (Å²) in [5.41, 5.74) is 13.7. The molecular formula is C15H16F2N2. The average Bonchev–Trinajstić information content (AvgIpc) is 2.40. The van der Waals surface area contributed by atoms with Crippen molar-refractivity contribution in [1.29, 1.82) is 0 Å². The molecule has 2 atom stereocenters. The molecule has 2 unspecified atom stereocenters. The molecule has 0 heterocycles. The Labute approximate surface area is 111 Å². The van der Waals surface area contributed by atoms with Crippen LogP contribution in [0.1, 0.15) is 29.6 Å². The average molecular weight is 262 g/mol. The SMILES string of the molecule is NC(CC(N)c1ccc(F)cc1)c1ccc(F)cc1. The topological polar surface area (TPSA) is 52.0 Å². The van der Waals surface area contributed by atoms with Crippen LogP contribution in [0.4, 0.5) is 8.78 Å². The predicted octanol–water partition coefficient (Wildman–Crippen LogP) is 3.05. The van der Waals surface area contributed by atoms with Crippen LogP contribution in [0.3, 0.4) is 0 Å². The van der Waals surface area contributed by atoms with Gasteiger partial charge in [0.25, 0.3) is 0 Å². The molecule has 0 aliphatic heterocycles. The summed E-state index contributed by atoms with van der Waals surface area (Å²) in [6.07, 6.45) is 0.511. The quantitative estimate of drug-likeness (QED) is 0.889. The Balaban J connectivity index is 2.03. The summed E-state index contributed by atoms with van der Waals surface area (Å²) in [6.45, 7) is 0. The van der Waals surface area contributed by atoms with Gasteiger partial charge in [-0.15, -0.1) is 0 Å². The molecule has 0 spiro atoms. The molecule has 4 N–H and O–H groups in total. The fourth-order valence-electron chi connectivity index (χ4n) is 1.97. The van der Waals surface area contributed by atoms with E-state index in [2.05, 4.69) is 0 Å². The number of hydrogen-bond donors (Lipinski definition) is 2. The normalized spacial score (nSPS) is 14.1. The van der Waals surface area contributed by atoms with Gasteiger partial charge in [0.15, 0.2) is 0 Å². The maximum Gasteiger partial charge on any atom is 0.123 e. The minimum absolute atomic E-state index is 0.277. The fraction of sp³-hybridized carbons (Fsp3) is 0.200. The molecule has 0 fully saturated rings. The highest BCUT2D eigenvalue weighted by molar-refractivity contribution is 5.23. The second kappa shape index (κ2) is 5.91. The molecule has 100 valence electrons. The predicted molar refractivity (Wildman–Crippen MR) is 71.3 cm³/mol. The van der Waals surface area contributed by atoms with Crippen LogP contribution >= 0.6 is 0 Å². The number of hydrogen-bond acceptors (Lipinski definition) is 2. The highest BCUT2D eigenvalue weighted by Gasteiger charge is 2.13. The Morgan fingerprint density at radius 3 is 1.32 bits per heavy atom. The van der Waals surface area contributed by atoms with E-state index in [4.69, 9.17) is 11.5 Å². The van der Waals surface area contributed by atoms with Crippen LogP contribution in [0.25, 0.3) is 0 Å². The minimum Gasteiger partial charge on any atom is -0.324 e. The summed E-state index contributed by atoms with van der Waals surface area (Å²) >= 11 is 0. The van der Waals surface area contributed by atoms with Gasteiger partial charge in [0.1, 0.15) is 11.6 Å². The Bertz CT molecular complexity index is 473. The van der Waals surface area contributed by atoms with Gasteiger partial charge in [-0.2, -0.15) is 0 Å². The number of halogens is 2. The molecule has 0 aliphatic rings. The summed E-state index contributed by atoms with van der Waals surface area (Å²) in [5.74, 6) is -0.586. The second-order valence-electron chi connectivity index (χ2n) is 4.55. The molecular weight excluding hydrogens is 246 g/mol. The Morgan fingerprint density at radius 1 is 0.684 bits per heavy atom. The molecule has 2 aromatic rings. The van der Waals surface area contributed by atoms with Gasteiger partial charge >= 0.3 is 0 Å². The van der Waals surface area contributed by atoms with Gasteiger partial charge in [0.05, 0.1) is 0 Å². The molecule has 2 aromatic carbocycles. The van der Waals surface area contributed by atoms with E-state index in [-0.39, 0.29) is 23.7 Å². The van der Waals surface area contributed by atoms with Crippen molar-refractivity contribution in [3.05, 3.63) is 71.3 Å². The van der Waals surface area contributed by atoms with E-state index in [1.54, 1.807) is 24.3 Å². The van der Waals surface area contributed by atoms with Crippen molar-refractivity contribution in [3.8, 4) is 0 Å². The van der Waals surface area contributed by atoms with E-state index < -0.39 is 0 Å². The zero-order valence-corrected chi connectivity index (χ0v) is 10.4. The molecule has 0 aliphatic carbocycles. The standard InChI is InChI=1S/C15H16F2N2/c16-12-5-1-10(2-6-12)14(18)9-15(19)11-3-7-13(17)8-4-11/h1-8,14-15H,9,18-19H2. The molecule has 0 bridgehead atoms. The largest absolute Gasteiger partial charge is 0.324 e. The highest BCUT2D eigenvalue weighted by Crippen LogP contribution is 2.23. The molecule has 0 saturated carbocycles. The van der Waals surface area contributed by atoms with Crippen LogP contribution in [0.15, 0.2) is 48.5 Å². The van der Waals surface area contributed by atoms with Crippen molar-refractivity contribution < 1.29 is 8.78 Å². The zero-order chi connectivity index (χ0) is 13.8. The van der Waals surface area contributed by atoms with Crippen LogP contribution in [0.2, 0.25) is 0 Å². The van der Waals surface area contributed by atoms with Crippen molar-refractivity contribution in [3.63, 3.8) is 0 Å². The number of benzene rings is 2. The third-order valence-electron chi connectivity index (χ3n) is 3.10. The lowest BCUT2D eigenvalue weighted by Gasteiger charge is -2.18. The van der Waals surface area contributed by atoms with E-state index in [9.17, 15) is 8.78 Å². The summed E-state index contributed by atoms with van der Waals surface area (Å²) < 4.78 is 25.6. The van der Waals surface area contributed by atoms with Gasteiger partial charge in [-0.3, -0.25) is 0 Å². The Morgan fingerprint density at radius 2 is 1.00 bits per heavy atom. The maximum atomic E-state index is 12.8. The third-order valence-corrected chi connectivity index (χ3v) is 3.10. The van der Waals surface area contributed by atoms with E-state index >= 15 is 0 Å². The van der Waals surface area contributed by atoms with Gasteiger partial charge in [0, 0.05) is 12.1 Å². The van der Waals surface area contributed by atoms with Crippen molar-refractivity contribution in [1.82, 2.24) is 0 Å². The van der Waals surface area contributed by atoms with E-state index in [0.717, 1.165) is 11.1 Å². The van der Waals surface area contributed by atoms with Crippen molar-refractivity contribution in [2.45, 2.75) is 18.5 Å². The molecule has 0 aromatic heterocycles. The molecule has 0 radical (unpaired) electrons. The maximum absolute atomic E-state index is 12.8. The van der Waals surface area contributed by atoms with E-state index in [1.165, 1.54) is 24.3 Å². The van der Waals surface area contributed by atoms with Crippen LogP contribution in [0, 0.1) is 11.6 Å². The van der Waals surface area contributed by atoms with Crippen LogP contribution < -0.4 is 11.5 Å². The lowest BCUT2D eigenvalue weighted by molar-refractivity contribution is 0.553. The smallest absolute Gasteiger partial charge is 0.123 e. The monoisotopic (exact) mass is 262 g/mol. The van der Waals surface area contributed by atoms with E-state index in [0.29, 0.717) is 6.42 Å². The fourth-order valence-corrected chi connectivity index (χ4v) is 1.97. The van der Waals surface area contributed by atoms with Gasteiger partial charge in [-0.25, -0.2) is 8.78 Å². The molecule has 2 rings (SSSR count).